The van der Waals surface area contributed by atoms with Crippen LogP contribution < -0.4 is 0 Å². The van der Waals surface area contributed by atoms with Gasteiger partial charge in [0.25, 0.3) is 0 Å². The van der Waals surface area contributed by atoms with Crippen molar-refractivity contribution in [3.8, 4) is 0 Å². The summed E-state index contributed by atoms with van der Waals surface area (Å²) in [5, 5.41) is -4.54. The number of hydrogen-bond donors (Lipinski definition) is 1. The molecular formula is C17H23F2IO7S. The van der Waals surface area contributed by atoms with Gasteiger partial charge in [-0.25, -0.2) is 0 Å². The molecule has 4 saturated carbocycles. The molecule has 7 nitrogen and oxygen atoms in total. The van der Waals surface area contributed by atoms with Crippen molar-refractivity contribution in [2.45, 2.75) is 60.7 Å². The minimum atomic E-state index is -5.66. The molecule has 0 aromatic heterocycles. The number of carbonyl (C=O) groups is 2. The number of rotatable bonds is 7. The van der Waals surface area contributed by atoms with Crippen molar-refractivity contribution in [3.05, 3.63) is 0 Å². The Morgan fingerprint density at radius 2 is 1.82 bits per heavy atom. The highest BCUT2D eigenvalue weighted by atomic mass is 127. The van der Waals surface area contributed by atoms with Gasteiger partial charge in [-0.2, -0.15) is 17.2 Å². The van der Waals surface area contributed by atoms with Gasteiger partial charge < -0.3 is 9.47 Å². The maximum atomic E-state index is 13.4. The summed E-state index contributed by atoms with van der Waals surface area (Å²) in [4.78, 5) is 24.8. The molecule has 28 heavy (non-hydrogen) atoms. The summed E-state index contributed by atoms with van der Waals surface area (Å²) in [5.41, 5.74) is -0.955. The molecule has 4 fully saturated rings. The number of hydrogen-bond acceptors (Lipinski definition) is 6. The molecule has 3 atom stereocenters. The van der Waals surface area contributed by atoms with Gasteiger partial charge >= 0.3 is 27.3 Å². The molecular weight excluding hydrogens is 513 g/mol. The highest BCUT2D eigenvalue weighted by molar-refractivity contribution is 14.1. The van der Waals surface area contributed by atoms with Crippen LogP contribution >= 0.6 is 22.6 Å². The molecule has 4 rings (SSSR count). The summed E-state index contributed by atoms with van der Waals surface area (Å²) < 4.78 is 66.9. The fourth-order valence-corrected chi connectivity index (χ4v) is 5.53. The van der Waals surface area contributed by atoms with E-state index < -0.39 is 33.4 Å². The van der Waals surface area contributed by atoms with Crippen LogP contribution in [0.1, 0.15) is 45.4 Å². The largest absolute Gasteiger partial charge is 0.461 e. The first-order valence-electron chi connectivity index (χ1n) is 9.25. The van der Waals surface area contributed by atoms with Crippen molar-refractivity contribution < 1.29 is 40.8 Å². The van der Waals surface area contributed by atoms with Gasteiger partial charge in [-0.05, 0) is 56.3 Å². The second-order valence-corrected chi connectivity index (χ2v) is 11.3. The van der Waals surface area contributed by atoms with Crippen LogP contribution in [0.25, 0.3) is 0 Å². The predicted octanol–water partition coefficient (Wildman–Crippen LogP) is 2.96. The molecule has 11 heteroatoms. The lowest BCUT2D eigenvalue weighted by Gasteiger charge is -2.57. The molecule has 0 heterocycles. The summed E-state index contributed by atoms with van der Waals surface area (Å²) in [5.74, 6) is -0.982. The van der Waals surface area contributed by atoms with Crippen LogP contribution in [0.4, 0.5) is 8.78 Å². The first-order valence-corrected chi connectivity index (χ1v) is 11.9. The summed E-state index contributed by atoms with van der Waals surface area (Å²) >= 11 is 2.03. The number of halogens is 3. The van der Waals surface area contributed by atoms with E-state index in [1.165, 1.54) is 0 Å². The van der Waals surface area contributed by atoms with E-state index in [9.17, 15) is 26.8 Å². The third-order valence-electron chi connectivity index (χ3n) is 6.23. The molecule has 1 N–H and O–H groups in total. The van der Waals surface area contributed by atoms with Crippen molar-refractivity contribution in [2.75, 3.05) is 6.61 Å². The molecule has 0 aromatic rings. The molecule has 0 saturated heterocycles. The third kappa shape index (κ3) is 4.03. The minimum absolute atomic E-state index is 0.0368. The SMILES string of the molecule is CCC(I)C(=O)OC1C2CC3CC1CC(C(=O)OCC(F)(F)S(=O)(=O)O)(C3)C2. The monoisotopic (exact) mass is 536 g/mol. The normalized spacial score (nSPS) is 35.5. The summed E-state index contributed by atoms with van der Waals surface area (Å²) in [6.07, 6.45) is 3.22. The van der Waals surface area contributed by atoms with E-state index in [1.54, 1.807) is 0 Å². The molecule has 0 radical (unpaired) electrons. The average Bonchev–Trinajstić information content (AvgIpc) is 2.60. The Balaban J connectivity index is 1.69. The standard InChI is InChI=1S/C17H23F2IO7S/c1-2-12(20)14(21)27-13-10-3-9-4-11(13)7-16(5-9,6-10)15(22)26-8-17(18,19)28(23,24)25/h9-13H,2-8H2,1H3,(H,23,24,25). The average molecular weight is 536 g/mol. The molecule has 4 aliphatic carbocycles. The summed E-state index contributed by atoms with van der Waals surface area (Å²) in [6.45, 7) is 0.181. The van der Waals surface area contributed by atoms with Crippen molar-refractivity contribution in [1.82, 2.24) is 0 Å². The number of esters is 2. The maximum absolute atomic E-state index is 13.4. The molecule has 0 aliphatic heterocycles. The van der Waals surface area contributed by atoms with Gasteiger partial charge in [0, 0.05) is 0 Å². The van der Waals surface area contributed by atoms with Gasteiger partial charge in [-0.3, -0.25) is 14.1 Å². The van der Waals surface area contributed by atoms with E-state index >= 15 is 0 Å². The first-order chi connectivity index (χ1) is 12.9. The molecule has 0 aromatic carbocycles. The Hall–Kier alpha value is -0.560. The van der Waals surface area contributed by atoms with E-state index in [-0.39, 0.29) is 33.8 Å². The summed E-state index contributed by atoms with van der Waals surface area (Å²) in [6, 6.07) is 0. The topological polar surface area (TPSA) is 107 Å². The molecule has 0 spiro atoms. The van der Waals surface area contributed by atoms with Gasteiger partial charge in [0.2, 0.25) is 0 Å². The second kappa shape index (κ2) is 7.60. The fraction of sp³-hybridized carbons (Fsp3) is 0.882. The van der Waals surface area contributed by atoms with Crippen LogP contribution in [0.2, 0.25) is 0 Å². The van der Waals surface area contributed by atoms with E-state index in [0.717, 1.165) is 12.8 Å². The Labute approximate surface area is 175 Å². The molecule has 4 bridgehead atoms. The summed E-state index contributed by atoms with van der Waals surface area (Å²) in [7, 11) is -5.66. The Morgan fingerprint density at radius 3 is 2.32 bits per heavy atom. The highest BCUT2D eigenvalue weighted by Gasteiger charge is 2.61. The lowest BCUT2D eigenvalue weighted by atomic mass is 9.48. The quantitative estimate of drug-likeness (QED) is 0.231. The highest BCUT2D eigenvalue weighted by Crippen LogP contribution is 2.61. The van der Waals surface area contributed by atoms with Gasteiger partial charge in [-0.1, -0.05) is 29.5 Å². The first kappa shape index (κ1) is 22.1. The van der Waals surface area contributed by atoms with Crippen LogP contribution in [0.15, 0.2) is 0 Å². The van der Waals surface area contributed by atoms with E-state index in [0.29, 0.717) is 25.7 Å². The third-order valence-corrected chi connectivity index (χ3v) is 8.50. The number of alkyl halides is 3. The number of carbonyl (C=O) groups excluding carboxylic acids is 2. The van der Waals surface area contributed by atoms with Crippen LogP contribution in [0, 0.1) is 23.2 Å². The zero-order valence-corrected chi connectivity index (χ0v) is 18.2. The lowest BCUT2D eigenvalue weighted by molar-refractivity contribution is -0.197. The lowest BCUT2D eigenvalue weighted by Crippen LogP contribution is -2.58. The van der Waals surface area contributed by atoms with Crippen molar-refractivity contribution >= 4 is 44.6 Å². The Bertz CT molecular complexity index is 741. The molecule has 4 aliphatic rings. The van der Waals surface area contributed by atoms with Crippen LogP contribution in [-0.4, -0.2) is 46.8 Å². The smallest absolute Gasteiger partial charge is 0.402 e. The zero-order chi connectivity index (χ0) is 20.9. The van der Waals surface area contributed by atoms with Crippen molar-refractivity contribution in [2.24, 2.45) is 23.2 Å². The molecule has 160 valence electrons. The van der Waals surface area contributed by atoms with Crippen molar-refractivity contribution in [1.29, 1.82) is 0 Å². The predicted molar refractivity (Wildman–Crippen MR) is 101 cm³/mol. The van der Waals surface area contributed by atoms with Crippen LogP contribution in [0.3, 0.4) is 0 Å². The van der Waals surface area contributed by atoms with Gasteiger partial charge in [0.15, 0.2) is 6.61 Å². The Morgan fingerprint density at radius 1 is 1.25 bits per heavy atom. The van der Waals surface area contributed by atoms with E-state index in [2.05, 4.69) is 4.74 Å². The zero-order valence-electron chi connectivity index (χ0n) is 15.3. The Kier molecular flexibility index (Phi) is 6.01. The van der Waals surface area contributed by atoms with Gasteiger partial charge in [0.1, 0.15) is 10.0 Å². The second-order valence-electron chi connectivity index (χ2n) is 8.22. The molecule has 3 unspecified atom stereocenters. The van der Waals surface area contributed by atoms with Crippen molar-refractivity contribution in [3.63, 3.8) is 0 Å². The van der Waals surface area contributed by atoms with Gasteiger partial charge in [0.05, 0.1) is 5.41 Å². The van der Waals surface area contributed by atoms with E-state index in [1.807, 2.05) is 29.5 Å². The maximum Gasteiger partial charge on any atom is 0.402 e. The fourth-order valence-electron chi connectivity index (χ4n) is 5.17. The molecule has 0 amide bonds. The minimum Gasteiger partial charge on any atom is -0.461 e. The number of ether oxygens (including phenoxy) is 2. The van der Waals surface area contributed by atoms with Crippen LogP contribution in [0.5, 0.6) is 0 Å². The van der Waals surface area contributed by atoms with E-state index in [4.69, 9.17) is 9.29 Å². The van der Waals surface area contributed by atoms with Crippen LogP contribution in [-0.2, 0) is 29.2 Å². The van der Waals surface area contributed by atoms with Gasteiger partial charge in [-0.15, -0.1) is 0 Å².